The molecule has 0 saturated carbocycles. The average molecular weight is 422 g/mol. The minimum Gasteiger partial charge on any atom is -0.496 e. The SMILES string of the molecule is COc1ccccc1C1CNCCN1Cc1c(C(C)C)nc2sc(C)nn12.Cl. The van der Waals surface area contributed by atoms with Gasteiger partial charge in [0.2, 0.25) is 4.96 Å². The Labute approximate surface area is 176 Å². The lowest BCUT2D eigenvalue weighted by molar-refractivity contribution is 0.148. The summed E-state index contributed by atoms with van der Waals surface area (Å²) in [6, 6.07) is 8.60. The molecule has 1 unspecified atom stereocenters. The van der Waals surface area contributed by atoms with Crippen LogP contribution in [0.5, 0.6) is 5.75 Å². The minimum atomic E-state index is 0. The van der Waals surface area contributed by atoms with Crippen LogP contribution in [0, 0.1) is 6.92 Å². The van der Waals surface area contributed by atoms with E-state index < -0.39 is 0 Å². The van der Waals surface area contributed by atoms with Crippen molar-refractivity contribution in [2.24, 2.45) is 0 Å². The molecule has 1 aliphatic rings. The Bertz CT molecular complexity index is 938. The molecule has 1 aromatic carbocycles. The van der Waals surface area contributed by atoms with Crippen LogP contribution < -0.4 is 10.1 Å². The van der Waals surface area contributed by atoms with Gasteiger partial charge in [0, 0.05) is 31.7 Å². The van der Waals surface area contributed by atoms with Gasteiger partial charge in [0.05, 0.1) is 24.5 Å². The number of benzene rings is 1. The van der Waals surface area contributed by atoms with Gasteiger partial charge in [0.15, 0.2) is 0 Å². The summed E-state index contributed by atoms with van der Waals surface area (Å²) in [6.07, 6.45) is 0. The van der Waals surface area contributed by atoms with Crippen LogP contribution in [0.2, 0.25) is 0 Å². The van der Waals surface area contributed by atoms with Crippen molar-refractivity contribution in [3.05, 3.63) is 46.2 Å². The summed E-state index contributed by atoms with van der Waals surface area (Å²) in [5.41, 5.74) is 3.60. The second kappa shape index (κ2) is 8.78. The van der Waals surface area contributed by atoms with Crippen molar-refractivity contribution < 1.29 is 4.74 Å². The molecule has 3 heterocycles. The van der Waals surface area contributed by atoms with Crippen molar-refractivity contribution >= 4 is 28.7 Å². The van der Waals surface area contributed by atoms with Gasteiger partial charge in [0.25, 0.3) is 0 Å². The highest BCUT2D eigenvalue weighted by molar-refractivity contribution is 7.16. The predicted molar refractivity (Wildman–Crippen MR) is 116 cm³/mol. The number of hydrogen-bond donors (Lipinski definition) is 1. The fraction of sp³-hybridized carbons (Fsp3) is 0.500. The monoisotopic (exact) mass is 421 g/mol. The van der Waals surface area contributed by atoms with Gasteiger partial charge in [-0.1, -0.05) is 43.4 Å². The number of fused-ring (bicyclic) bond motifs is 1. The lowest BCUT2D eigenvalue weighted by atomic mass is 10.0. The summed E-state index contributed by atoms with van der Waals surface area (Å²) in [5.74, 6) is 1.32. The molecular weight excluding hydrogens is 394 g/mol. The summed E-state index contributed by atoms with van der Waals surface area (Å²) in [6.45, 7) is 10.2. The molecule has 8 heteroatoms. The average Bonchev–Trinajstić information content (AvgIpc) is 3.19. The van der Waals surface area contributed by atoms with Crippen molar-refractivity contribution in [1.82, 2.24) is 24.8 Å². The lowest BCUT2D eigenvalue weighted by Gasteiger charge is -2.37. The highest BCUT2D eigenvalue weighted by Gasteiger charge is 2.29. The van der Waals surface area contributed by atoms with Crippen LogP contribution in [-0.2, 0) is 6.54 Å². The molecule has 28 heavy (non-hydrogen) atoms. The van der Waals surface area contributed by atoms with Crippen LogP contribution in [0.1, 0.15) is 47.8 Å². The standard InChI is InChI=1S/C20H27N5OS.ClH/c1-13(2)19-17(25-20(22-19)27-14(3)23-25)12-24-10-9-21-11-16(24)15-7-5-6-8-18(15)26-4;/h5-8,13,16,21H,9-12H2,1-4H3;1H. The van der Waals surface area contributed by atoms with Crippen molar-refractivity contribution in [2.45, 2.75) is 39.3 Å². The first kappa shape index (κ1) is 21.0. The fourth-order valence-corrected chi connectivity index (χ4v) is 4.66. The number of imidazole rings is 1. The van der Waals surface area contributed by atoms with Crippen LogP contribution in [0.25, 0.3) is 4.96 Å². The number of aromatic nitrogens is 3. The number of nitrogens with zero attached hydrogens (tertiary/aromatic N) is 4. The van der Waals surface area contributed by atoms with Gasteiger partial charge in [-0.25, -0.2) is 9.50 Å². The van der Waals surface area contributed by atoms with Gasteiger partial charge in [-0.15, -0.1) is 12.4 Å². The molecule has 3 aromatic rings. The number of nitrogens with one attached hydrogen (secondary N) is 1. The van der Waals surface area contributed by atoms with E-state index in [0.29, 0.717) is 5.92 Å². The molecule has 4 rings (SSSR count). The van der Waals surface area contributed by atoms with E-state index in [1.165, 1.54) is 11.3 Å². The molecule has 2 aromatic heterocycles. The molecule has 0 radical (unpaired) electrons. The third-order valence-corrected chi connectivity index (χ3v) is 6.00. The Hall–Kier alpha value is -1.67. The summed E-state index contributed by atoms with van der Waals surface area (Å²) in [7, 11) is 1.74. The zero-order chi connectivity index (χ0) is 19.0. The molecule has 0 bridgehead atoms. The predicted octanol–water partition coefficient (Wildman–Crippen LogP) is 3.80. The van der Waals surface area contributed by atoms with Crippen molar-refractivity contribution in [2.75, 3.05) is 26.7 Å². The first-order valence-corrected chi connectivity index (χ1v) is 10.3. The third-order valence-electron chi connectivity index (χ3n) is 5.18. The number of piperazine rings is 1. The normalized spacial score (nSPS) is 17.8. The van der Waals surface area contributed by atoms with Crippen molar-refractivity contribution in [3.8, 4) is 5.75 Å². The molecule has 0 amide bonds. The highest BCUT2D eigenvalue weighted by atomic mass is 35.5. The van der Waals surface area contributed by atoms with E-state index >= 15 is 0 Å². The van der Waals surface area contributed by atoms with Crippen LogP contribution >= 0.6 is 23.7 Å². The van der Waals surface area contributed by atoms with Gasteiger partial charge < -0.3 is 10.1 Å². The van der Waals surface area contributed by atoms with Crippen molar-refractivity contribution in [3.63, 3.8) is 0 Å². The van der Waals surface area contributed by atoms with Gasteiger partial charge in [-0.3, -0.25) is 4.90 Å². The van der Waals surface area contributed by atoms with Gasteiger partial charge in [-0.05, 0) is 18.9 Å². The number of halogens is 1. The van der Waals surface area contributed by atoms with E-state index in [1.54, 1.807) is 18.4 Å². The Morgan fingerprint density at radius 3 is 2.86 bits per heavy atom. The Morgan fingerprint density at radius 1 is 1.32 bits per heavy atom. The summed E-state index contributed by atoms with van der Waals surface area (Å²) < 4.78 is 7.69. The molecule has 152 valence electrons. The quantitative estimate of drug-likeness (QED) is 0.679. The van der Waals surface area contributed by atoms with Crippen LogP contribution in [0.3, 0.4) is 0 Å². The molecule has 6 nitrogen and oxygen atoms in total. The van der Waals surface area contributed by atoms with Gasteiger partial charge >= 0.3 is 0 Å². The number of ether oxygens (including phenoxy) is 1. The second-order valence-electron chi connectivity index (χ2n) is 7.35. The number of para-hydroxylation sites is 1. The molecule has 1 atom stereocenters. The second-order valence-corrected chi connectivity index (χ2v) is 8.51. The van der Waals surface area contributed by atoms with Crippen molar-refractivity contribution in [1.29, 1.82) is 0 Å². The molecule has 1 fully saturated rings. The molecule has 1 N–H and O–H groups in total. The first-order chi connectivity index (χ1) is 13.1. The maximum atomic E-state index is 5.63. The van der Waals surface area contributed by atoms with E-state index in [0.717, 1.165) is 47.6 Å². The summed E-state index contributed by atoms with van der Waals surface area (Å²) >= 11 is 1.66. The molecule has 0 aliphatic carbocycles. The fourth-order valence-electron chi connectivity index (χ4n) is 3.89. The molecule has 1 saturated heterocycles. The Morgan fingerprint density at radius 2 is 2.11 bits per heavy atom. The first-order valence-electron chi connectivity index (χ1n) is 9.51. The topological polar surface area (TPSA) is 54.7 Å². The van der Waals surface area contributed by atoms with Gasteiger partial charge in [0.1, 0.15) is 10.8 Å². The maximum Gasteiger partial charge on any atom is 0.212 e. The maximum absolute atomic E-state index is 5.63. The zero-order valence-electron chi connectivity index (χ0n) is 16.8. The summed E-state index contributed by atoms with van der Waals surface area (Å²) in [4.78, 5) is 8.40. The van der Waals surface area contributed by atoms with E-state index in [9.17, 15) is 0 Å². The number of aryl methyl sites for hydroxylation is 1. The minimum absolute atomic E-state index is 0. The molecule has 0 spiro atoms. The Kier molecular flexibility index (Phi) is 6.60. The van der Waals surface area contributed by atoms with E-state index in [4.69, 9.17) is 14.8 Å². The summed E-state index contributed by atoms with van der Waals surface area (Å²) in [5, 5.41) is 9.31. The molecule has 1 aliphatic heterocycles. The molecular formula is C20H28ClN5OS. The number of rotatable bonds is 5. The lowest BCUT2D eigenvalue weighted by Crippen LogP contribution is -2.45. The van der Waals surface area contributed by atoms with Crippen LogP contribution in [-0.4, -0.2) is 46.2 Å². The van der Waals surface area contributed by atoms with Crippen LogP contribution in [0.15, 0.2) is 24.3 Å². The smallest absolute Gasteiger partial charge is 0.212 e. The highest BCUT2D eigenvalue weighted by Crippen LogP contribution is 2.33. The number of hydrogen-bond acceptors (Lipinski definition) is 6. The van der Waals surface area contributed by atoms with E-state index in [-0.39, 0.29) is 18.4 Å². The Balaban J connectivity index is 0.00000225. The van der Waals surface area contributed by atoms with E-state index in [1.807, 2.05) is 19.1 Å². The largest absolute Gasteiger partial charge is 0.496 e. The third kappa shape index (κ3) is 3.89. The van der Waals surface area contributed by atoms with Gasteiger partial charge in [-0.2, -0.15) is 5.10 Å². The van der Waals surface area contributed by atoms with Crippen LogP contribution in [0.4, 0.5) is 0 Å². The van der Waals surface area contributed by atoms with E-state index in [2.05, 4.69) is 40.7 Å². The zero-order valence-corrected chi connectivity index (χ0v) is 18.4. The number of methoxy groups -OCH3 is 1.